The number of hydrogen-bond acceptors (Lipinski definition) is 8. The van der Waals surface area contributed by atoms with Crippen LogP contribution in [0.2, 0.25) is 5.02 Å². The first-order valence-electron chi connectivity index (χ1n) is 9.97. The Morgan fingerprint density at radius 2 is 2.13 bits per heavy atom. The fourth-order valence-corrected chi connectivity index (χ4v) is 3.60. The van der Waals surface area contributed by atoms with E-state index in [4.69, 9.17) is 16.3 Å². The number of hydrazone groups is 1. The van der Waals surface area contributed by atoms with Crippen molar-refractivity contribution in [1.29, 1.82) is 0 Å². The topological polar surface area (TPSA) is 87.0 Å². The van der Waals surface area contributed by atoms with Gasteiger partial charge in [-0.3, -0.25) is 4.99 Å². The molecule has 1 aromatic carbocycles. The van der Waals surface area contributed by atoms with Crippen molar-refractivity contribution in [3.63, 3.8) is 0 Å². The number of rotatable bonds is 6. The SMILES string of the molecule is Cc1cc(Cl)cc(NC2C=CC(/C=N/Nc3ncc(F)c(N4CCOCC4)n3)=NC2)c1. The van der Waals surface area contributed by atoms with Crippen molar-refractivity contribution < 1.29 is 9.13 Å². The van der Waals surface area contributed by atoms with Crippen LogP contribution in [0, 0.1) is 12.7 Å². The average Bonchev–Trinajstić information content (AvgIpc) is 2.76. The summed E-state index contributed by atoms with van der Waals surface area (Å²) < 4.78 is 19.4. The molecule has 1 aromatic heterocycles. The molecule has 1 atom stereocenters. The monoisotopic (exact) mass is 443 g/mol. The first kappa shape index (κ1) is 21.2. The van der Waals surface area contributed by atoms with Gasteiger partial charge in [0.15, 0.2) is 11.6 Å². The summed E-state index contributed by atoms with van der Waals surface area (Å²) in [6, 6.07) is 5.91. The van der Waals surface area contributed by atoms with Gasteiger partial charge < -0.3 is 15.0 Å². The smallest absolute Gasteiger partial charge is 0.245 e. The highest BCUT2D eigenvalue weighted by atomic mass is 35.5. The second-order valence-electron chi connectivity index (χ2n) is 7.23. The fourth-order valence-electron chi connectivity index (χ4n) is 3.31. The molecule has 4 rings (SSSR count). The van der Waals surface area contributed by atoms with Gasteiger partial charge in [0.25, 0.3) is 0 Å². The van der Waals surface area contributed by atoms with E-state index in [-0.39, 0.29) is 17.8 Å². The Kier molecular flexibility index (Phi) is 6.73. The van der Waals surface area contributed by atoms with Crippen molar-refractivity contribution in [1.82, 2.24) is 9.97 Å². The number of dihydropyridines is 1. The molecule has 3 heterocycles. The summed E-state index contributed by atoms with van der Waals surface area (Å²) in [5.74, 6) is -0.00377. The molecule has 162 valence electrons. The average molecular weight is 444 g/mol. The summed E-state index contributed by atoms with van der Waals surface area (Å²) >= 11 is 6.11. The van der Waals surface area contributed by atoms with Crippen molar-refractivity contribution in [3.8, 4) is 0 Å². The van der Waals surface area contributed by atoms with E-state index in [1.165, 1.54) is 0 Å². The Morgan fingerprint density at radius 3 is 2.87 bits per heavy atom. The van der Waals surface area contributed by atoms with E-state index in [9.17, 15) is 4.39 Å². The van der Waals surface area contributed by atoms with Crippen LogP contribution in [0.5, 0.6) is 0 Å². The Balaban J connectivity index is 1.32. The number of nitrogens with one attached hydrogen (secondary N) is 2. The summed E-state index contributed by atoms with van der Waals surface area (Å²) in [6.07, 6.45) is 6.63. The molecule has 0 amide bonds. The number of aryl methyl sites for hydroxylation is 1. The molecule has 1 saturated heterocycles. The molecule has 2 aliphatic rings. The highest BCUT2D eigenvalue weighted by Gasteiger charge is 2.17. The Morgan fingerprint density at radius 1 is 1.29 bits per heavy atom. The zero-order valence-corrected chi connectivity index (χ0v) is 17.8. The van der Waals surface area contributed by atoms with Crippen LogP contribution in [-0.2, 0) is 4.74 Å². The largest absolute Gasteiger partial charge is 0.378 e. The lowest BCUT2D eigenvalue weighted by Crippen LogP contribution is -2.37. The van der Waals surface area contributed by atoms with Crippen LogP contribution in [0.1, 0.15) is 5.56 Å². The van der Waals surface area contributed by atoms with Crippen LogP contribution in [-0.4, -0.2) is 60.8 Å². The minimum Gasteiger partial charge on any atom is -0.378 e. The molecule has 0 saturated carbocycles. The number of morpholine rings is 1. The van der Waals surface area contributed by atoms with Crippen molar-refractivity contribution in [2.75, 3.05) is 48.5 Å². The molecule has 10 heteroatoms. The van der Waals surface area contributed by atoms with E-state index >= 15 is 0 Å². The van der Waals surface area contributed by atoms with Crippen LogP contribution in [0.25, 0.3) is 0 Å². The lowest BCUT2D eigenvalue weighted by molar-refractivity contribution is 0.122. The molecule has 2 N–H and O–H groups in total. The van der Waals surface area contributed by atoms with Crippen LogP contribution < -0.4 is 15.6 Å². The maximum absolute atomic E-state index is 14.1. The number of anilines is 3. The fraction of sp³-hybridized carbons (Fsp3) is 0.333. The van der Waals surface area contributed by atoms with E-state index < -0.39 is 5.82 Å². The Hall–Kier alpha value is -3.04. The zero-order valence-electron chi connectivity index (χ0n) is 17.1. The van der Waals surface area contributed by atoms with Crippen LogP contribution in [0.15, 0.2) is 46.6 Å². The molecule has 31 heavy (non-hydrogen) atoms. The van der Waals surface area contributed by atoms with Crippen LogP contribution in [0.4, 0.5) is 21.8 Å². The third-order valence-corrected chi connectivity index (χ3v) is 4.98. The van der Waals surface area contributed by atoms with Crippen molar-refractivity contribution in [3.05, 3.63) is 53.0 Å². The van der Waals surface area contributed by atoms with Gasteiger partial charge in [0.2, 0.25) is 5.95 Å². The summed E-state index contributed by atoms with van der Waals surface area (Å²) in [5, 5.41) is 8.23. The van der Waals surface area contributed by atoms with E-state index in [2.05, 4.69) is 30.8 Å². The number of allylic oxidation sites excluding steroid dienone is 1. The normalized spacial score (nSPS) is 18.9. The lowest BCUT2D eigenvalue weighted by atomic mass is 10.1. The van der Waals surface area contributed by atoms with Crippen molar-refractivity contribution >= 4 is 41.0 Å². The van der Waals surface area contributed by atoms with Gasteiger partial charge in [-0.15, -0.1) is 0 Å². The van der Waals surface area contributed by atoms with Gasteiger partial charge in [0.1, 0.15) is 0 Å². The standard InChI is InChI=1S/C21H23ClFN7O/c1-14-8-15(22)10-18(9-14)27-17-3-2-16(24-11-17)12-26-29-21-25-13-19(23)20(28-21)30-4-6-31-7-5-30/h2-3,8-10,12-13,17,27H,4-7,11H2,1H3,(H,25,28,29)/b26-12+. The zero-order chi connectivity index (χ0) is 21.6. The van der Waals surface area contributed by atoms with Gasteiger partial charge in [-0.25, -0.2) is 14.8 Å². The van der Waals surface area contributed by atoms with Crippen LogP contribution in [0.3, 0.4) is 0 Å². The molecule has 1 unspecified atom stereocenters. The summed E-state index contributed by atoms with van der Waals surface area (Å²) in [4.78, 5) is 14.5. The number of aliphatic imine (C=N–C) groups is 1. The molecule has 2 aromatic rings. The summed E-state index contributed by atoms with van der Waals surface area (Å²) in [7, 11) is 0. The molecule has 8 nitrogen and oxygen atoms in total. The predicted molar refractivity (Wildman–Crippen MR) is 122 cm³/mol. The lowest BCUT2D eigenvalue weighted by Gasteiger charge is -2.27. The molecular formula is C21H23ClFN7O. The van der Waals surface area contributed by atoms with E-state index in [1.54, 1.807) is 6.21 Å². The third-order valence-electron chi connectivity index (χ3n) is 4.76. The van der Waals surface area contributed by atoms with Gasteiger partial charge in [0.05, 0.1) is 43.9 Å². The number of hydrogen-bond donors (Lipinski definition) is 2. The van der Waals surface area contributed by atoms with E-state index in [0.29, 0.717) is 43.6 Å². The second kappa shape index (κ2) is 9.84. The van der Waals surface area contributed by atoms with Gasteiger partial charge in [-0.1, -0.05) is 17.7 Å². The number of benzene rings is 1. The highest BCUT2D eigenvalue weighted by Crippen LogP contribution is 2.20. The molecule has 0 radical (unpaired) electrons. The minimum atomic E-state index is -0.468. The van der Waals surface area contributed by atoms with Crippen molar-refractivity contribution in [2.24, 2.45) is 10.1 Å². The number of halogens is 2. The van der Waals surface area contributed by atoms with Crippen LogP contribution >= 0.6 is 11.6 Å². The van der Waals surface area contributed by atoms with E-state index in [1.807, 2.05) is 42.2 Å². The highest BCUT2D eigenvalue weighted by molar-refractivity contribution is 6.36. The summed E-state index contributed by atoms with van der Waals surface area (Å²) in [5.41, 5.74) is 5.50. The molecule has 1 fully saturated rings. The van der Waals surface area contributed by atoms with E-state index in [0.717, 1.165) is 17.4 Å². The number of ether oxygens (including phenoxy) is 1. The quantitative estimate of drug-likeness (QED) is 0.526. The molecule has 0 aliphatic carbocycles. The Labute approximate surface area is 184 Å². The first-order valence-corrected chi connectivity index (χ1v) is 10.4. The first-order chi connectivity index (χ1) is 15.1. The maximum atomic E-state index is 14.1. The van der Waals surface area contributed by atoms with Gasteiger partial charge in [-0.2, -0.15) is 10.1 Å². The van der Waals surface area contributed by atoms with Gasteiger partial charge >= 0.3 is 0 Å². The number of nitrogens with zero attached hydrogens (tertiary/aromatic N) is 5. The van der Waals surface area contributed by atoms with Gasteiger partial charge in [-0.05, 0) is 36.8 Å². The third kappa shape index (κ3) is 5.77. The molecule has 2 aliphatic heterocycles. The molecular weight excluding hydrogens is 421 g/mol. The predicted octanol–water partition coefficient (Wildman–Crippen LogP) is 3.30. The number of aromatic nitrogens is 2. The van der Waals surface area contributed by atoms with Crippen molar-refractivity contribution in [2.45, 2.75) is 13.0 Å². The minimum absolute atomic E-state index is 0.0690. The molecule has 0 bridgehead atoms. The Bertz CT molecular complexity index is 1000. The summed E-state index contributed by atoms with van der Waals surface area (Å²) in [6.45, 7) is 4.83. The molecule has 0 spiro atoms. The van der Waals surface area contributed by atoms with Gasteiger partial charge in [0, 0.05) is 23.8 Å². The second-order valence-corrected chi connectivity index (χ2v) is 7.66. The maximum Gasteiger partial charge on any atom is 0.245 e.